The van der Waals surface area contributed by atoms with Crippen molar-refractivity contribution in [3.63, 3.8) is 0 Å². The zero-order valence-corrected chi connectivity index (χ0v) is 17.0. The van der Waals surface area contributed by atoms with E-state index in [0.717, 1.165) is 21.5 Å². The zero-order chi connectivity index (χ0) is 19.9. The summed E-state index contributed by atoms with van der Waals surface area (Å²) in [4.78, 5) is 8.97. The lowest BCUT2D eigenvalue weighted by Gasteiger charge is -2.05. The van der Waals surface area contributed by atoms with E-state index in [1.165, 1.54) is 0 Å². The van der Waals surface area contributed by atoms with Crippen molar-refractivity contribution < 1.29 is 4.42 Å². The Morgan fingerprint density at radius 1 is 0.897 bits per heavy atom. The van der Waals surface area contributed by atoms with Gasteiger partial charge in [0.15, 0.2) is 5.84 Å². The van der Waals surface area contributed by atoms with Crippen molar-refractivity contribution in [2.75, 3.05) is 0 Å². The summed E-state index contributed by atoms with van der Waals surface area (Å²) >= 11 is 3.44. The Bertz CT molecular complexity index is 1120. The summed E-state index contributed by atoms with van der Waals surface area (Å²) in [6, 6.07) is 27.0. The molecular formula is C23H17BrN4O. The van der Waals surface area contributed by atoms with Gasteiger partial charge in [-0.3, -0.25) is 10.4 Å². The molecule has 5 nitrogen and oxygen atoms in total. The third-order valence-corrected chi connectivity index (χ3v) is 4.55. The molecule has 0 aliphatic carbocycles. The summed E-state index contributed by atoms with van der Waals surface area (Å²) in [5.41, 5.74) is 5.49. The molecule has 2 heterocycles. The second-order valence-corrected chi connectivity index (χ2v) is 7.01. The number of pyridine rings is 1. The van der Waals surface area contributed by atoms with Gasteiger partial charge in [0.25, 0.3) is 0 Å². The van der Waals surface area contributed by atoms with Gasteiger partial charge in [-0.05, 0) is 48.5 Å². The maximum atomic E-state index is 5.86. The summed E-state index contributed by atoms with van der Waals surface area (Å²) in [6.45, 7) is 0. The first-order valence-electron chi connectivity index (χ1n) is 8.98. The lowest BCUT2D eigenvalue weighted by Crippen LogP contribution is -2.20. The molecule has 0 spiro atoms. The summed E-state index contributed by atoms with van der Waals surface area (Å²) in [6.07, 6.45) is 3.34. The Hall–Kier alpha value is -3.51. The van der Waals surface area contributed by atoms with Crippen molar-refractivity contribution in [3.8, 4) is 11.3 Å². The molecule has 0 aliphatic rings. The van der Waals surface area contributed by atoms with Gasteiger partial charge in [-0.1, -0.05) is 52.3 Å². The standard InChI is InChI=1S/C23H17BrN4O/c24-18-11-9-17(10-12-18)22-14-13-20(29-22)16-26-28-23(21-8-4-5-15-25-21)27-19-6-2-1-3-7-19/h1-16H,(H,27,28)/b26-16+. The highest BCUT2D eigenvalue weighted by Gasteiger charge is 2.05. The van der Waals surface area contributed by atoms with Crippen molar-refractivity contribution in [2.45, 2.75) is 0 Å². The third kappa shape index (κ3) is 5.06. The quantitative estimate of drug-likeness (QED) is 0.240. The van der Waals surface area contributed by atoms with E-state index >= 15 is 0 Å². The SMILES string of the molecule is Brc1ccc(-c2ccc(/C=N/NC(=Nc3ccccc3)c3ccccn3)o2)cc1. The molecule has 0 fully saturated rings. The highest BCUT2D eigenvalue weighted by Crippen LogP contribution is 2.23. The lowest BCUT2D eigenvalue weighted by molar-refractivity contribution is 0.574. The van der Waals surface area contributed by atoms with E-state index in [0.29, 0.717) is 17.3 Å². The fraction of sp³-hybridized carbons (Fsp3) is 0. The smallest absolute Gasteiger partial charge is 0.172 e. The Kier molecular flexibility index (Phi) is 5.92. The van der Waals surface area contributed by atoms with E-state index in [4.69, 9.17) is 4.42 Å². The number of hydrogen-bond donors (Lipinski definition) is 1. The van der Waals surface area contributed by atoms with Crippen LogP contribution in [0.5, 0.6) is 0 Å². The number of rotatable bonds is 5. The van der Waals surface area contributed by atoms with E-state index in [9.17, 15) is 0 Å². The monoisotopic (exact) mass is 444 g/mol. The van der Waals surface area contributed by atoms with Gasteiger partial charge in [0.1, 0.15) is 17.2 Å². The molecule has 4 aromatic rings. The van der Waals surface area contributed by atoms with E-state index in [1.54, 1.807) is 12.4 Å². The number of furan rings is 1. The van der Waals surface area contributed by atoms with Crippen molar-refractivity contribution in [1.82, 2.24) is 10.4 Å². The van der Waals surface area contributed by atoms with Crippen LogP contribution in [0.1, 0.15) is 11.5 Å². The van der Waals surface area contributed by atoms with E-state index in [-0.39, 0.29) is 0 Å². The number of aliphatic imine (C=N–C) groups is 1. The van der Waals surface area contributed by atoms with E-state index < -0.39 is 0 Å². The highest BCUT2D eigenvalue weighted by molar-refractivity contribution is 9.10. The average molecular weight is 445 g/mol. The minimum atomic E-state index is 0.549. The van der Waals surface area contributed by atoms with Crippen molar-refractivity contribution >= 4 is 33.7 Å². The Balaban J connectivity index is 1.52. The molecule has 0 aliphatic heterocycles. The van der Waals surface area contributed by atoms with Crippen LogP contribution in [0.15, 0.2) is 110 Å². The second-order valence-electron chi connectivity index (χ2n) is 6.09. The van der Waals surface area contributed by atoms with Crippen LogP contribution >= 0.6 is 15.9 Å². The molecule has 0 unspecified atom stereocenters. The van der Waals surface area contributed by atoms with Gasteiger partial charge in [-0.15, -0.1) is 0 Å². The van der Waals surface area contributed by atoms with Crippen LogP contribution in [0.2, 0.25) is 0 Å². The molecule has 1 N–H and O–H groups in total. The van der Waals surface area contributed by atoms with Crippen molar-refractivity contribution in [3.05, 3.63) is 107 Å². The predicted molar refractivity (Wildman–Crippen MR) is 119 cm³/mol. The van der Waals surface area contributed by atoms with Gasteiger partial charge < -0.3 is 4.42 Å². The minimum Gasteiger partial charge on any atom is -0.455 e. The molecule has 0 atom stereocenters. The Morgan fingerprint density at radius 2 is 1.69 bits per heavy atom. The van der Waals surface area contributed by atoms with Crippen LogP contribution in [-0.2, 0) is 0 Å². The molecule has 0 amide bonds. The largest absolute Gasteiger partial charge is 0.455 e. The second kappa shape index (κ2) is 9.12. The van der Waals surface area contributed by atoms with Gasteiger partial charge in [0.2, 0.25) is 0 Å². The van der Waals surface area contributed by atoms with Crippen molar-refractivity contribution in [2.24, 2.45) is 10.1 Å². The average Bonchev–Trinajstić information content (AvgIpc) is 3.24. The molecule has 2 aromatic heterocycles. The predicted octanol–water partition coefficient (Wildman–Crippen LogP) is 5.81. The number of nitrogens with zero attached hydrogens (tertiary/aromatic N) is 3. The lowest BCUT2D eigenvalue weighted by atomic mass is 10.2. The van der Waals surface area contributed by atoms with Gasteiger partial charge in [0.05, 0.1) is 11.9 Å². The topological polar surface area (TPSA) is 62.8 Å². The fourth-order valence-electron chi connectivity index (χ4n) is 2.62. The first-order valence-corrected chi connectivity index (χ1v) is 9.77. The zero-order valence-electron chi connectivity index (χ0n) is 15.4. The summed E-state index contributed by atoms with van der Waals surface area (Å²) in [7, 11) is 0. The number of hydrogen-bond acceptors (Lipinski definition) is 4. The highest BCUT2D eigenvalue weighted by atomic mass is 79.9. The number of benzene rings is 2. The maximum Gasteiger partial charge on any atom is 0.172 e. The van der Waals surface area contributed by atoms with Crippen LogP contribution in [0.3, 0.4) is 0 Å². The molecule has 0 saturated carbocycles. The van der Waals surface area contributed by atoms with Crippen molar-refractivity contribution in [1.29, 1.82) is 0 Å². The maximum absolute atomic E-state index is 5.86. The number of halogens is 1. The summed E-state index contributed by atoms with van der Waals surface area (Å²) < 4.78 is 6.88. The molecule has 0 bridgehead atoms. The molecule has 2 aromatic carbocycles. The van der Waals surface area contributed by atoms with Crippen LogP contribution in [0.25, 0.3) is 11.3 Å². The van der Waals surface area contributed by atoms with Gasteiger partial charge in [-0.25, -0.2) is 4.99 Å². The number of amidine groups is 1. The van der Waals surface area contributed by atoms with Gasteiger partial charge in [0, 0.05) is 16.2 Å². The van der Waals surface area contributed by atoms with Crippen LogP contribution in [-0.4, -0.2) is 17.0 Å². The molecule has 0 saturated heterocycles. The first kappa shape index (κ1) is 18.8. The number of para-hydroxylation sites is 1. The van der Waals surface area contributed by atoms with E-state index in [2.05, 4.69) is 36.4 Å². The summed E-state index contributed by atoms with van der Waals surface area (Å²) in [5.74, 6) is 1.96. The molecule has 0 radical (unpaired) electrons. The van der Waals surface area contributed by atoms with Crippen LogP contribution in [0.4, 0.5) is 5.69 Å². The molecular weight excluding hydrogens is 428 g/mol. The van der Waals surface area contributed by atoms with Crippen LogP contribution < -0.4 is 5.43 Å². The number of aromatic nitrogens is 1. The number of hydrazone groups is 1. The molecule has 6 heteroatoms. The van der Waals surface area contributed by atoms with Gasteiger partial charge >= 0.3 is 0 Å². The Morgan fingerprint density at radius 3 is 2.45 bits per heavy atom. The van der Waals surface area contributed by atoms with E-state index in [1.807, 2.05) is 84.9 Å². The fourth-order valence-corrected chi connectivity index (χ4v) is 2.89. The third-order valence-electron chi connectivity index (χ3n) is 4.02. The molecule has 4 rings (SSSR count). The van der Waals surface area contributed by atoms with Gasteiger partial charge in [-0.2, -0.15) is 5.10 Å². The van der Waals surface area contributed by atoms with Crippen LogP contribution in [0, 0.1) is 0 Å². The minimum absolute atomic E-state index is 0.549. The first-order chi connectivity index (χ1) is 14.3. The number of nitrogens with one attached hydrogen (secondary N) is 1. The summed E-state index contributed by atoms with van der Waals surface area (Å²) in [5, 5.41) is 4.29. The molecule has 29 heavy (non-hydrogen) atoms. The normalized spacial score (nSPS) is 11.7. The molecule has 142 valence electrons. The Labute approximate surface area is 177 Å².